The van der Waals surface area contributed by atoms with Crippen LogP contribution in [0.2, 0.25) is 0 Å². The summed E-state index contributed by atoms with van der Waals surface area (Å²) in [6.45, 7) is 19.1. The lowest BCUT2D eigenvalue weighted by Gasteiger charge is -2.23. The Kier molecular flexibility index (Phi) is 7.71. The molecule has 0 atom stereocenters. The van der Waals surface area contributed by atoms with Crippen molar-refractivity contribution in [2.45, 2.75) is 80.9 Å². The SMILES string of the molecule is Cc1cc(C)c(C(=O)C=Cc2cc(C)c(C(=O)OC(C)(C)C)c(C)c2OC(C)C)cc1C. The van der Waals surface area contributed by atoms with Gasteiger partial charge >= 0.3 is 5.97 Å². The van der Waals surface area contributed by atoms with Crippen molar-refractivity contribution in [3.63, 3.8) is 0 Å². The van der Waals surface area contributed by atoms with Crippen LogP contribution in [-0.4, -0.2) is 23.5 Å². The molecule has 0 aromatic heterocycles. The van der Waals surface area contributed by atoms with Crippen molar-refractivity contribution in [3.8, 4) is 5.75 Å². The third kappa shape index (κ3) is 6.09. The van der Waals surface area contributed by atoms with Crippen LogP contribution in [0.3, 0.4) is 0 Å². The van der Waals surface area contributed by atoms with Crippen molar-refractivity contribution in [3.05, 3.63) is 68.8 Å². The lowest BCUT2D eigenvalue weighted by molar-refractivity contribution is 0.00671. The lowest BCUT2D eigenvalue weighted by atomic mass is 9.95. The second kappa shape index (κ2) is 9.72. The normalized spacial score (nSPS) is 11.8. The largest absolute Gasteiger partial charge is 0.490 e. The molecule has 0 radical (unpaired) electrons. The predicted octanol–water partition coefficient (Wildman–Crippen LogP) is 6.87. The van der Waals surface area contributed by atoms with E-state index in [1.165, 1.54) is 5.56 Å². The van der Waals surface area contributed by atoms with E-state index in [-0.39, 0.29) is 17.9 Å². The van der Waals surface area contributed by atoms with E-state index < -0.39 is 5.60 Å². The molecule has 4 heteroatoms. The summed E-state index contributed by atoms with van der Waals surface area (Å²) in [7, 11) is 0. The summed E-state index contributed by atoms with van der Waals surface area (Å²) in [6.07, 6.45) is 3.26. The Morgan fingerprint density at radius 1 is 0.875 bits per heavy atom. The van der Waals surface area contributed by atoms with Gasteiger partial charge in [0.25, 0.3) is 0 Å². The Morgan fingerprint density at radius 2 is 1.47 bits per heavy atom. The fraction of sp³-hybridized carbons (Fsp3) is 0.429. The van der Waals surface area contributed by atoms with Gasteiger partial charge in [0.1, 0.15) is 11.4 Å². The molecule has 0 unspecified atom stereocenters. The molecule has 2 aromatic carbocycles. The number of hydrogen-bond acceptors (Lipinski definition) is 4. The third-order valence-electron chi connectivity index (χ3n) is 5.22. The van der Waals surface area contributed by atoms with E-state index in [2.05, 4.69) is 0 Å². The topological polar surface area (TPSA) is 52.6 Å². The molecular formula is C28H36O4. The molecule has 0 heterocycles. The molecule has 172 valence electrons. The number of hydrogen-bond donors (Lipinski definition) is 0. The summed E-state index contributed by atoms with van der Waals surface area (Å²) >= 11 is 0. The van der Waals surface area contributed by atoms with Gasteiger partial charge in [0.15, 0.2) is 5.78 Å². The Balaban J connectivity index is 2.52. The molecule has 0 amide bonds. The number of rotatable bonds is 6. The Morgan fingerprint density at radius 3 is 2.03 bits per heavy atom. The van der Waals surface area contributed by atoms with Crippen molar-refractivity contribution in [2.75, 3.05) is 0 Å². The number of carbonyl (C=O) groups excluding carboxylic acids is 2. The van der Waals surface area contributed by atoms with E-state index in [1.807, 2.05) is 87.4 Å². The van der Waals surface area contributed by atoms with Gasteiger partial charge in [0, 0.05) is 16.7 Å². The van der Waals surface area contributed by atoms with Gasteiger partial charge in [-0.1, -0.05) is 6.07 Å². The van der Waals surface area contributed by atoms with Crippen LogP contribution in [-0.2, 0) is 4.74 Å². The van der Waals surface area contributed by atoms with Gasteiger partial charge in [0.05, 0.1) is 11.7 Å². The molecule has 2 aromatic rings. The molecule has 0 aliphatic rings. The Hall–Kier alpha value is -2.88. The van der Waals surface area contributed by atoms with Crippen LogP contribution in [0.4, 0.5) is 0 Å². The van der Waals surface area contributed by atoms with Gasteiger partial charge in [-0.15, -0.1) is 0 Å². The molecule has 32 heavy (non-hydrogen) atoms. The first kappa shape index (κ1) is 25.4. The minimum absolute atomic E-state index is 0.0624. The smallest absolute Gasteiger partial charge is 0.339 e. The summed E-state index contributed by atoms with van der Waals surface area (Å²) in [5, 5.41) is 0. The first-order valence-corrected chi connectivity index (χ1v) is 11.1. The molecule has 0 bridgehead atoms. The number of allylic oxidation sites excluding steroid dienone is 1. The number of benzene rings is 2. The minimum Gasteiger partial charge on any atom is -0.490 e. The summed E-state index contributed by atoms with van der Waals surface area (Å²) in [6, 6.07) is 5.85. The van der Waals surface area contributed by atoms with E-state index in [0.29, 0.717) is 22.4 Å². The standard InChI is InChI=1S/C28H36O4/c1-16(2)31-26-21(7)25(27(30)32-28(8,9)10)20(6)14-22(26)11-12-24(29)23-15-18(4)17(3)13-19(23)5/h11-16H,1-10H3. The lowest BCUT2D eigenvalue weighted by Crippen LogP contribution is -2.25. The van der Waals surface area contributed by atoms with Crippen LogP contribution in [0.25, 0.3) is 6.08 Å². The van der Waals surface area contributed by atoms with Gasteiger partial charge in [-0.05, 0) is 116 Å². The monoisotopic (exact) mass is 436 g/mol. The maximum Gasteiger partial charge on any atom is 0.339 e. The van der Waals surface area contributed by atoms with Crippen LogP contribution in [0.5, 0.6) is 5.75 Å². The van der Waals surface area contributed by atoms with E-state index in [1.54, 1.807) is 12.2 Å². The van der Waals surface area contributed by atoms with Crippen LogP contribution >= 0.6 is 0 Å². The van der Waals surface area contributed by atoms with Crippen molar-refractivity contribution >= 4 is 17.8 Å². The van der Waals surface area contributed by atoms with Gasteiger partial charge in [-0.25, -0.2) is 4.79 Å². The van der Waals surface area contributed by atoms with Gasteiger partial charge < -0.3 is 9.47 Å². The first-order valence-electron chi connectivity index (χ1n) is 11.1. The fourth-order valence-electron chi connectivity index (χ4n) is 3.64. The molecule has 0 N–H and O–H groups in total. The van der Waals surface area contributed by atoms with E-state index in [9.17, 15) is 9.59 Å². The van der Waals surface area contributed by atoms with E-state index in [0.717, 1.165) is 22.3 Å². The zero-order valence-electron chi connectivity index (χ0n) is 21.1. The summed E-state index contributed by atoms with van der Waals surface area (Å²) in [4.78, 5) is 25.8. The van der Waals surface area contributed by atoms with Gasteiger partial charge in [0.2, 0.25) is 0 Å². The highest BCUT2D eigenvalue weighted by atomic mass is 16.6. The fourth-order valence-corrected chi connectivity index (χ4v) is 3.64. The Bertz CT molecular complexity index is 1070. The molecule has 0 saturated carbocycles. The first-order chi connectivity index (χ1) is 14.7. The van der Waals surface area contributed by atoms with E-state index in [4.69, 9.17) is 9.47 Å². The van der Waals surface area contributed by atoms with Gasteiger partial charge in [-0.3, -0.25) is 4.79 Å². The summed E-state index contributed by atoms with van der Waals surface area (Å²) in [5.74, 6) is 0.151. The van der Waals surface area contributed by atoms with Crippen LogP contribution in [0, 0.1) is 34.6 Å². The average Bonchev–Trinajstić information content (AvgIpc) is 2.63. The maximum absolute atomic E-state index is 12.9. The Labute approximate surface area is 192 Å². The van der Waals surface area contributed by atoms with Crippen molar-refractivity contribution in [1.29, 1.82) is 0 Å². The third-order valence-corrected chi connectivity index (χ3v) is 5.22. The molecule has 0 aliphatic heterocycles. The minimum atomic E-state index is -0.593. The zero-order valence-corrected chi connectivity index (χ0v) is 21.1. The maximum atomic E-state index is 12.9. The zero-order chi connectivity index (χ0) is 24.4. The van der Waals surface area contributed by atoms with Crippen LogP contribution < -0.4 is 4.74 Å². The second-order valence-corrected chi connectivity index (χ2v) is 9.73. The second-order valence-electron chi connectivity index (χ2n) is 9.73. The highest BCUT2D eigenvalue weighted by Gasteiger charge is 2.24. The van der Waals surface area contributed by atoms with Gasteiger partial charge in [-0.2, -0.15) is 0 Å². The van der Waals surface area contributed by atoms with Crippen LogP contribution in [0.15, 0.2) is 24.3 Å². The number of ether oxygens (including phenoxy) is 2. The quantitative estimate of drug-likeness (QED) is 0.282. The number of esters is 1. The van der Waals surface area contributed by atoms with E-state index >= 15 is 0 Å². The molecule has 0 saturated heterocycles. The summed E-state index contributed by atoms with van der Waals surface area (Å²) in [5.41, 5.74) is 6.06. The van der Waals surface area contributed by atoms with Crippen LogP contribution in [0.1, 0.15) is 88.7 Å². The summed E-state index contributed by atoms with van der Waals surface area (Å²) < 4.78 is 11.7. The van der Waals surface area contributed by atoms with Crippen molar-refractivity contribution in [1.82, 2.24) is 0 Å². The number of carbonyl (C=O) groups is 2. The highest BCUT2D eigenvalue weighted by Crippen LogP contribution is 2.33. The molecule has 2 rings (SSSR count). The molecule has 4 nitrogen and oxygen atoms in total. The van der Waals surface area contributed by atoms with Crippen molar-refractivity contribution in [2.24, 2.45) is 0 Å². The predicted molar refractivity (Wildman–Crippen MR) is 131 cm³/mol. The highest BCUT2D eigenvalue weighted by molar-refractivity contribution is 6.08. The van der Waals surface area contributed by atoms with Crippen molar-refractivity contribution < 1.29 is 19.1 Å². The number of ketones is 1. The number of aryl methyl sites for hydroxylation is 4. The average molecular weight is 437 g/mol. The molecule has 0 fully saturated rings. The molecule has 0 aliphatic carbocycles. The molecular weight excluding hydrogens is 400 g/mol. The molecule has 0 spiro atoms.